The highest BCUT2D eigenvalue weighted by Gasteiger charge is 2.30. The predicted molar refractivity (Wildman–Crippen MR) is 77.5 cm³/mol. The van der Waals surface area contributed by atoms with Gasteiger partial charge in [0.05, 0.1) is 17.4 Å². The van der Waals surface area contributed by atoms with Crippen molar-refractivity contribution in [3.05, 3.63) is 58.4 Å². The molecule has 2 aromatic rings. The van der Waals surface area contributed by atoms with Crippen molar-refractivity contribution in [1.29, 1.82) is 0 Å². The van der Waals surface area contributed by atoms with Crippen molar-refractivity contribution in [2.24, 2.45) is 0 Å². The summed E-state index contributed by atoms with van der Waals surface area (Å²) in [6.45, 7) is 3.61. The average molecular weight is 315 g/mol. The molecule has 6 heteroatoms. The van der Waals surface area contributed by atoms with Crippen LogP contribution in [-0.4, -0.2) is 4.98 Å². The van der Waals surface area contributed by atoms with Gasteiger partial charge in [0.25, 0.3) is 0 Å². The number of hydrogen-bond acceptors (Lipinski definition) is 2. The van der Waals surface area contributed by atoms with Gasteiger partial charge in [0.2, 0.25) is 0 Å². The van der Waals surface area contributed by atoms with Gasteiger partial charge in [-0.3, -0.25) is 0 Å². The number of benzene rings is 1. The third-order valence-corrected chi connectivity index (χ3v) is 3.51. The number of nitrogens with one attached hydrogen (secondary N) is 1. The maximum atomic E-state index is 12.7. The van der Waals surface area contributed by atoms with Gasteiger partial charge in [-0.15, -0.1) is 0 Å². The summed E-state index contributed by atoms with van der Waals surface area (Å²) in [6.07, 6.45) is -2.78. The van der Waals surface area contributed by atoms with Crippen molar-refractivity contribution in [2.45, 2.75) is 26.1 Å². The smallest absolute Gasteiger partial charge is 0.377 e. The first-order chi connectivity index (χ1) is 9.77. The number of rotatable bonds is 3. The molecule has 0 saturated carbocycles. The molecular formula is C15H14ClF3N2. The Kier molecular flexibility index (Phi) is 4.42. The second kappa shape index (κ2) is 5.93. The maximum absolute atomic E-state index is 12.7. The van der Waals surface area contributed by atoms with E-state index in [9.17, 15) is 13.2 Å². The summed E-state index contributed by atoms with van der Waals surface area (Å²) in [7, 11) is 0. The predicted octanol–water partition coefficient (Wildman–Crippen LogP) is 5.24. The fraction of sp³-hybridized carbons (Fsp3) is 0.267. The molecule has 0 aliphatic rings. The summed E-state index contributed by atoms with van der Waals surface area (Å²) in [5.41, 5.74) is 1.41. The number of aromatic nitrogens is 1. The zero-order chi connectivity index (χ0) is 15.6. The van der Waals surface area contributed by atoms with Crippen LogP contribution in [0.5, 0.6) is 0 Å². The van der Waals surface area contributed by atoms with Crippen molar-refractivity contribution in [2.75, 3.05) is 5.32 Å². The molecule has 21 heavy (non-hydrogen) atoms. The van der Waals surface area contributed by atoms with E-state index in [2.05, 4.69) is 10.3 Å². The molecule has 0 saturated heterocycles. The molecule has 0 aliphatic heterocycles. The minimum atomic E-state index is -4.34. The Morgan fingerprint density at radius 3 is 2.57 bits per heavy atom. The molecule has 1 atom stereocenters. The first kappa shape index (κ1) is 15.6. The Morgan fingerprint density at radius 1 is 1.24 bits per heavy atom. The van der Waals surface area contributed by atoms with Crippen LogP contribution in [0.3, 0.4) is 0 Å². The van der Waals surface area contributed by atoms with E-state index in [1.54, 1.807) is 25.3 Å². The monoisotopic (exact) mass is 314 g/mol. The second-order valence-electron chi connectivity index (χ2n) is 4.82. The standard InChI is InChI=1S/C15H14ClF3N2/c1-9-6-13(8-20-14(9)16)21-10(2)11-4-3-5-12(7-11)15(17,18)19/h3-8,10,21H,1-2H3. The average Bonchev–Trinajstić information content (AvgIpc) is 2.42. The Balaban J connectivity index is 2.20. The number of pyridine rings is 1. The third-order valence-electron chi connectivity index (χ3n) is 3.11. The molecule has 0 radical (unpaired) electrons. The lowest BCUT2D eigenvalue weighted by Gasteiger charge is -2.17. The van der Waals surface area contributed by atoms with Gasteiger partial charge in [0.15, 0.2) is 0 Å². The number of halogens is 4. The molecule has 0 bridgehead atoms. The summed E-state index contributed by atoms with van der Waals surface area (Å²) >= 11 is 5.84. The van der Waals surface area contributed by atoms with Gasteiger partial charge in [-0.25, -0.2) is 4.98 Å². The Hall–Kier alpha value is -1.75. The largest absolute Gasteiger partial charge is 0.416 e. The lowest BCUT2D eigenvalue weighted by atomic mass is 10.0. The zero-order valence-corrected chi connectivity index (χ0v) is 12.3. The van der Waals surface area contributed by atoms with Crippen LogP contribution in [0.1, 0.15) is 29.7 Å². The van der Waals surface area contributed by atoms with Crippen LogP contribution in [0.25, 0.3) is 0 Å². The van der Waals surface area contributed by atoms with Crippen LogP contribution in [-0.2, 0) is 6.18 Å². The summed E-state index contributed by atoms with van der Waals surface area (Å²) < 4.78 is 38.1. The fourth-order valence-corrected chi connectivity index (χ4v) is 2.06. The fourth-order valence-electron chi connectivity index (χ4n) is 1.95. The van der Waals surface area contributed by atoms with Gasteiger partial charge in [-0.05, 0) is 43.2 Å². The van der Waals surface area contributed by atoms with E-state index < -0.39 is 11.7 Å². The molecule has 1 aromatic carbocycles. The van der Waals surface area contributed by atoms with Gasteiger partial charge in [-0.2, -0.15) is 13.2 Å². The van der Waals surface area contributed by atoms with E-state index in [0.717, 1.165) is 17.7 Å². The lowest BCUT2D eigenvalue weighted by molar-refractivity contribution is -0.137. The Morgan fingerprint density at radius 2 is 1.95 bits per heavy atom. The van der Waals surface area contributed by atoms with Gasteiger partial charge < -0.3 is 5.32 Å². The molecule has 1 heterocycles. The first-order valence-electron chi connectivity index (χ1n) is 6.33. The molecule has 2 rings (SSSR count). The molecule has 0 amide bonds. The number of aryl methyl sites for hydroxylation is 1. The third kappa shape index (κ3) is 3.88. The normalized spacial score (nSPS) is 13.0. The van der Waals surface area contributed by atoms with Gasteiger partial charge in [0, 0.05) is 6.04 Å². The maximum Gasteiger partial charge on any atom is 0.416 e. The topological polar surface area (TPSA) is 24.9 Å². The highest BCUT2D eigenvalue weighted by atomic mass is 35.5. The summed E-state index contributed by atoms with van der Waals surface area (Å²) in [6, 6.07) is 6.79. The summed E-state index contributed by atoms with van der Waals surface area (Å²) in [4.78, 5) is 4.01. The van der Waals surface area contributed by atoms with Crippen LogP contribution < -0.4 is 5.32 Å². The molecule has 1 unspecified atom stereocenters. The number of alkyl halides is 3. The van der Waals surface area contributed by atoms with Crippen LogP contribution >= 0.6 is 11.6 Å². The van der Waals surface area contributed by atoms with Crippen LogP contribution in [0.2, 0.25) is 5.15 Å². The molecule has 2 nitrogen and oxygen atoms in total. The lowest BCUT2D eigenvalue weighted by Crippen LogP contribution is -2.10. The van der Waals surface area contributed by atoms with Crippen molar-refractivity contribution in [3.8, 4) is 0 Å². The molecular weight excluding hydrogens is 301 g/mol. The van der Waals surface area contributed by atoms with E-state index >= 15 is 0 Å². The van der Waals surface area contributed by atoms with Crippen LogP contribution in [0.4, 0.5) is 18.9 Å². The number of hydrogen-bond donors (Lipinski definition) is 1. The molecule has 1 aromatic heterocycles. The van der Waals surface area contributed by atoms with E-state index in [0.29, 0.717) is 16.4 Å². The van der Waals surface area contributed by atoms with E-state index in [1.807, 2.05) is 6.92 Å². The molecule has 112 valence electrons. The zero-order valence-electron chi connectivity index (χ0n) is 11.5. The summed E-state index contributed by atoms with van der Waals surface area (Å²) in [5, 5.41) is 3.53. The van der Waals surface area contributed by atoms with Gasteiger partial charge in [0.1, 0.15) is 5.15 Å². The van der Waals surface area contributed by atoms with Crippen molar-refractivity contribution >= 4 is 17.3 Å². The molecule has 1 N–H and O–H groups in total. The second-order valence-corrected chi connectivity index (χ2v) is 5.18. The highest BCUT2D eigenvalue weighted by Crippen LogP contribution is 2.31. The van der Waals surface area contributed by atoms with E-state index in [1.165, 1.54) is 6.07 Å². The Bertz CT molecular complexity index is 641. The van der Waals surface area contributed by atoms with Gasteiger partial charge >= 0.3 is 6.18 Å². The SMILES string of the molecule is Cc1cc(NC(C)c2cccc(C(F)(F)F)c2)cnc1Cl. The van der Waals surface area contributed by atoms with Crippen LogP contribution in [0.15, 0.2) is 36.5 Å². The highest BCUT2D eigenvalue weighted by molar-refractivity contribution is 6.30. The quantitative estimate of drug-likeness (QED) is 0.784. The number of nitrogens with zero attached hydrogens (tertiary/aromatic N) is 1. The molecule has 0 aliphatic carbocycles. The minimum Gasteiger partial charge on any atom is -0.377 e. The molecule has 0 spiro atoms. The van der Waals surface area contributed by atoms with Crippen LogP contribution in [0, 0.1) is 6.92 Å². The van der Waals surface area contributed by atoms with Gasteiger partial charge in [-0.1, -0.05) is 23.7 Å². The van der Waals surface area contributed by atoms with E-state index in [-0.39, 0.29) is 6.04 Å². The molecule has 0 fully saturated rings. The minimum absolute atomic E-state index is 0.283. The van der Waals surface area contributed by atoms with Crippen molar-refractivity contribution in [1.82, 2.24) is 4.98 Å². The Labute approximate surface area is 126 Å². The van der Waals surface area contributed by atoms with Crippen molar-refractivity contribution in [3.63, 3.8) is 0 Å². The first-order valence-corrected chi connectivity index (χ1v) is 6.71. The summed E-state index contributed by atoms with van der Waals surface area (Å²) in [5.74, 6) is 0. The van der Waals surface area contributed by atoms with Crippen molar-refractivity contribution < 1.29 is 13.2 Å². The van der Waals surface area contributed by atoms with E-state index in [4.69, 9.17) is 11.6 Å². The number of anilines is 1.